The molecule has 1 aliphatic carbocycles. The average molecular weight is 335 g/mol. The van der Waals surface area contributed by atoms with Crippen LogP contribution in [0.1, 0.15) is 22.7 Å². The molecule has 2 aromatic rings. The lowest BCUT2D eigenvalue weighted by Gasteiger charge is -2.10. The van der Waals surface area contributed by atoms with Gasteiger partial charge in [0, 0.05) is 30.4 Å². The van der Waals surface area contributed by atoms with E-state index in [9.17, 15) is 0 Å². The SMILES string of the molecule is CN=C(NCCc1ccc(-c2csc(C)n2)s1)NCC1CC1. The Bertz CT molecular complexity index is 640. The third kappa shape index (κ3) is 4.30. The molecule has 1 saturated carbocycles. The lowest BCUT2D eigenvalue weighted by molar-refractivity contribution is 0.736. The maximum Gasteiger partial charge on any atom is 0.190 e. The van der Waals surface area contributed by atoms with Gasteiger partial charge in [0.25, 0.3) is 0 Å². The molecular weight excluding hydrogens is 312 g/mol. The van der Waals surface area contributed by atoms with Crippen molar-refractivity contribution in [3.63, 3.8) is 0 Å². The molecule has 6 heteroatoms. The molecule has 0 spiro atoms. The summed E-state index contributed by atoms with van der Waals surface area (Å²) in [4.78, 5) is 11.5. The molecule has 0 radical (unpaired) electrons. The minimum atomic E-state index is 0.861. The highest BCUT2D eigenvalue weighted by molar-refractivity contribution is 7.16. The smallest absolute Gasteiger partial charge is 0.190 e. The lowest BCUT2D eigenvalue weighted by atomic mass is 10.3. The number of nitrogens with zero attached hydrogens (tertiary/aromatic N) is 2. The van der Waals surface area contributed by atoms with Gasteiger partial charge in [-0.15, -0.1) is 22.7 Å². The van der Waals surface area contributed by atoms with Crippen molar-refractivity contribution in [2.45, 2.75) is 26.2 Å². The largest absolute Gasteiger partial charge is 0.356 e. The van der Waals surface area contributed by atoms with Crippen molar-refractivity contribution < 1.29 is 0 Å². The molecule has 0 bridgehead atoms. The normalized spacial score (nSPS) is 15.1. The molecule has 2 aromatic heterocycles. The number of thiazole rings is 1. The van der Waals surface area contributed by atoms with Crippen LogP contribution >= 0.6 is 22.7 Å². The van der Waals surface area contributed by atoms with E-state index in [4.69, 9.17) is 0 Å². The molecule has 2 N–H and O–H groups in total. The Hall–Kier alpha value is -1.40. The van der Waals surface area contributed by atoms with Crippen LogP contribution in [0, 0.1) is 12.8 Å². The molecule has 118 valence electrons. The Morgan fingerprint density at radius 2 is 2.23 bits per heavy atom. The second-order valence-corrected chi connectivity index (χ2v) is 7.82. The first kappa shape index (κ1) is 15.5. The summed E-state index contributed by atoms with van der Waals surface area (Å²) in [7, 11) is 1.83. The summed E-state index contributed by atoms with van der Waals surface area (Å²) in [5, 5.41) is 10.0. The first-order valence-corrected chi connectivity index (χ1v) is 9.40. The van der Waals surface area contributed by atoms with E-state index in [2.05, 4.69) is 38.1 Å². The van der Waals surface area contributed by atoms with E-state index in [0.29, 0.717) is 0 Å². The van der Waals surface area contributed by atoms with Crippen LogP contribution in [0.5, 0.6) is 0 Å². The van der Waals surface area contributed by atoms with Gasteiger partial charge in [-0.2, -0.15) is 0 Å². The van der Waals surface area contributed by atoms with E-state index in [1.165, 1.54) is 22.6 Å². The molecule has 1 aliphatic rings. The van der Waals surface area contributed by atoms with Gasteiger partial charge in [-0.25, -0.2) is 4.98 Å². The van der Waals surface area contributed by atoms with Crippen LogP contribution in [-0.2, 0) is 6.42 Å². The van der Waals surface area contributed by atoms with Crippen LogP contribution in [0.2, 0.25) is 0 Å². The Morgan fingerprint density at radius 1 is 1.36 bits per heavy atom. The molecule has 4 nitrogen and oxygen atoms in total. The zero-order valence-corrected chi connectivity index (χ0v) is 14.7. The number of thiophene rings is 1. The quantitative estimate of drug-likeness (QED) is 0.629. The van der Waals surface area contributed by atoms with E-state index >= 15 is 0 Å². The number of hydrogen-bond acceptors (Lipinski definition) is 4. The van der Waals surface area contributed by atoms with Gasteiger partial charge in [-0.05, 0) is 44.2 Å². The topological polar surface area (TPSA) is 49.3 Å². The number of hydrogen-bond donors (Lipinski definition) is 2. The van der Waals surface area contributed by atoms with Crippen LogP contribution in [0.25, 0.3) is 10.6 Å². The molecule has 0 atom stereocenters. The van der Waals surface area contributed by atoms with Crippen LogP contribution in [0.3, 0.4) is 0 Å². The summed E-state index contributed by atoms with van der Waals surface area (Å²) in [6.45, 7) is 4.00. The number of aliphatic imine (C=N–C) groups is 1. The van der Waals surface area contributed by atoms with Gasteiger partial charge >= 0.3 is 0 Å². The molecule has 0 aliphatic heterocycles. The second kappa shape index (κ2) is 7.24. The van der Waals surface area contributed by atoms with Crippen molar-refractivity contribution in [3.8, 4) is 10.6 Å². The van der Waals surface area contributed by atoms with Crippen molar-refractivity contribution >= 4 is 28.6 Å². The second-order valence-electron chi connectivity index (χ2n) is 5.59. The first-order valence-electron chi connectivity index (χ1n) is 7.70. The van der Waals surface area contributed by atoms with E-state index in [-0.39, 0.29) is 0 Å². The van der Waals surface area contributed by atoms with E-state index in [1.807, 2.05) is 25.3 Å². The van der Waals surface area contributed by atoms with E-state index < -0.39 is 0 Å². The third-order valence-electron chi connectivity index (χ3n) is 3.68. The number of rotatable bonds is 6. The van der Waals surface area contributed by atoms with E-state index in [0.717, 1.165) is 42.1 Å². The third-order valence-corrected chi connectivity index (χ3v) is 5.62. The number of nitrogens with one attached hydrogen (secondary N) is 2. The van der Waals surface area contributed by atoms with Gasteiger partial charge in [-0.3, -0.25) is 4.99 Å². The molecule has 0 unspecified atom stereocenters. The number of guanidine groups is 1. The standard InChI is InChI=1S/C16H22N4S2/c1-11-20-14(10-21-11)15-6-5-13(22-15)7-8-18-16(17-2)19-9-12-3-4-12/h5-6,10,12H,3-4,7-9H2,1-2H3,(H2,17,18,19). The molecule has 22 heavy (non-hydrogen) atoms. The maximum atomic E-state index is 4.55. The highest BCUT2D eigenvalue weighted by Crippen LogP contribution is 2.29. The molecule has 0 saturated heterocycles. The van der Waals surface area contributed by atoms with Crippen molar-refractivity contribution in [1.82, 2.24) is 15.6 Å². The summed E-state index contributed by atoms with van der Waals surface area (Å²) in [6, 6.07) is 4.38. The Kier molecular flexibility index (Phi) is 5.10. The van der Waals surface area contributed by atoms with Gasteiger partial charge in [0.1, 0.15) is 0 Å². The van der Waals surface area contributed by atoms with Gasteiger partial charge in [0.05, 0.1) is 15.6 Å². The first-order chi connectivity index (χ1) is 10.7. The molecule has 3 rings (SSSR count). The molecular formula is C16H22N4S2. The fourth-order valence-corrected chi connectivity index (χ4v) is 3.87. The summed E-state index contributed by atoms with van der Waals surface area (Å²) in [5.74, 6) is 1.78. The van der Waals surface area contributed by atoms with Crippen molar-refractivity contribution in [2.24, 2.45) is 10.9 Å². The predicted octanol–water partition coefficient (Wildman–Crippen LogP) is 3.30. The Morgan fingerprint density at radius 3 is 2.91 bits per heavy atom. The Balaban J connectivity index is 1.46. The number of aromatic nitrogens is 1. The molecule has 2 heterocycles. The maximum absolute atomic E-state index is 4.55. The van der Waals surface area contributed by atoms with Gasteiger partial charge < -0.3 is 10.6 Å². The summed E-state index contributed by atoms with van der Waals surface area (Å²) in [6.07, 6.45) is 3.73. The van der Waals surface area contributed by atoms with Crippen molar-refractivity contribution in [1.29, 1.82) is 0 Å². The van der Waals surface area contributed by atoms with Crippen LogP contribution < -0.4 is 10.6 Å². The van der Waals surface area contributed by atoms with Crippen molar-refractivity contribution in [2.75, 3.05) is 20.1 Å². The zero-order chi connectivity index (χ0) is 15.4. The average Bonchev–Trinajstić information content (AvgIpc) is 3.05. The van der Waals surface area contributed by atoms with Gasteiger partial charge in [0.2, 0.25) is 0 Å². The highest BCUT2D eigenvalue weighted by Gasteiger charge is 2.20. The van der Waals surface area contributed by atoms with Crippen LogP contribution in [0.4, 0.5) is 0 Å². The van der Waals surface area contributed by atoms with Gasteiger partial charge in [-0.1, -0.05) is 0 Å². The fraction of sp³-hybridized carbons (Fsp3) is 0.500. The molecule has 1 fully saturated rings. The molecule has 0 aromatic carbocycles. The Labute approximate surface area is 139 Å². The minimum Gasteiger partial charge on any atom is -0.356 e. The van der Waals surface area contributed by atoms with Crippen LogP contribution in [0.15, 0.2) is 22.5 Å². The lowest BCUT2D eigenvalue weighted by Crippen LogP contribution is -2.39. The van der Waals surface area contributed by atoms with Gasteiger partial charge in [0.15, 0.2) is 5.96 Å². The monoisotopic (exact) mass is 334 g/mol. The van der Waals surface area contributed by atoms with Crippen LogP contribution in [-0.4, -0.2) is 31.1 Å². The van der Waals surface area contributed by atoms with E-state index in [1.54, 1.807) is 11.3 Å². The minimum absolute atomic E-state index is 0.861. The molecule has 0 amide bonds. The summed E-state index contributed by atoms with van der Waals surface area (Å²) >= 11 is 3.54. The number of aryl methyl sites for hydroxylation is 1. The predicted molar refractivity (Wildman–Crippen MR) is 96.0 cm³/mol. The summed E-state index contributed by atoms with van der Waals surface area (Å²) in [5.41, 5.74) is 1.11. The zero-order valence-electron chi connectivity index (χ0n) is 13.1. The summed E-state index contributed by atoms with van der Waals surface area (Å²) < 4.78 is 0. The van der Waals surface area contributed by atoms with Crippen molar-refractivity contribution in [3.05, 3.63) is 27.4 Å². The highest BCUT2D eigenvalue weighted by atomic mass is 32.1. The fourth-order valence-electron chi connectivity index (χ4n) is 2.21.